The molecule has 0 aliphatic carbocycles. The lowest BCUT2D eigenvalue weighted by Crippen LogP contribution is -2.37. The molecule has 0 saturated carbocycles. The smallest absolute Gasteiger partial charge is 0.323 e. The molecule has 8 heteroatoms. The highest BCUT2D eigenvalue weighted by Crippen LogP contribution is 2.23. The molecule has 1 aliphatic heterocycles. The second kappa shape index (κ2) is 6.44. The van der Waals surface area contributed by atoms with E-state index in [0.29, 0.717) is 24.6 Å². The Morgan fingerprint density at radius 2 is 2.14 bits per heavy atom. The number of nitrogens with zero attached hydrogens (tertiary/aromatic N) is 4. The van der Waals surface area contributed by atoms with Crippen molar-refractivity contribution in [2.24, 2.45) is 7.05 Å². The number of amides is 2. The van der Waals surface area contributed by atoms with Gasteiger partial charge in [-0.05, 0) is 12.1 Å². The highest BCUT2D eigenvalue weighted by molar-refractivity contribution is 6.01. The molecule has 0 unspecified atom stereocenters. The Labute approximate surface area is 128 Å². The number of carbonyl (C=O) groups excluding carboxylic acids is 1. The fourth-order valence-corrected chi connectivity index (χ4v) is 2.29. The molecule has 8 nitrogen and oxygen atoms in total. The van der Waals surface area contributed by atoms with Gasteiger partial charge >= 0.3 is 6.03 Å². The average Bonchev–Trinajstić information content (AvgIpc) is 2.93. The van der Waals surface area contributed by atoms with Gasteiger partial charge in [0.1, 0.15) is 0 Å². The van der Waals surface area contributed by atoms with E-state index in [0.717, 1.165) is 18.9 Å². The molecule has 0 radical (unpaired) electrons. The lowest BCUT2D eigenvalue weighted by atomic mass is 10.3. The number of rotatable bonds is 3. The molecule has 1 fully saturated rings. The van der Waals surface area contributed by atoms with Gasteiger partial charge in [0.15, 0.2) is 5.82 Å². The molecule has 3 heterocycles. The van der Waals surface area contributed by atoms with Gasteiger partial charge in [0.05, 0.1) is 30.8 Å². The summed E-state index contributed by atoms with van der Waals surface area (Å²) in [5.41, 5.74) is 1.31. The summed E-state index contributed by atoms with van der Waals surface area (Å²) in [5.74, 6) is 0.757. The number of nitrogens with one attached hydrogen (secondary N) is 2. The maximum absolute atomic E-state index is 12.1. The van der Waals surface area contributed by atoms with E-state index in [9.17, 15) is 4.79 Å². The SMILES string of the molecule is Cn1cc(NC(=O)Nc2cccnc2N2CCOCC2)cn1. The van der Waals surface area contributed by atoms with Gasteiger partial charge in [-0.15, -0.1) is 0 Å². The number of aryl methyl sites for hydroxylation is 1. The molecule has 0 spiro atoms. The number of urea groups is 1. The third-order valence-electron chi connectivity index (χ3n) is 3.31. The monoisotopic (exact) mass is 302 g/mol. The van der Waals surface area contributed by atoms with Gasteiger partial charge < -0.3 is 20.3 Å². The predicted octanol–water partition coefficient (Wildman–Crippen LogP) is 1.30. The fourth-order valence-electron chi connectivity index (χ4n) is 2.29. The van der Waals surface area contributed by atoms with Crippen LogP contribution in [0.4, 0.5) is 22.0 Å². The molecule has 22 heavy (non-hydrogen) atoms. The minimum absolute atomic E-state index is 0.324. The quantitative estimate of drug-likeness (QED) is 0.892. The number of pyridine rings is 1. The molecule has 116 valence electrons. The highest BCUT2D eigenvalue weighted by atomic mass is 16.5. The maximum Gasteiger partial charge on any atom is 0.323 e. The second-order valence-corrected chi connectivity index (χ2v) is 4.96. The van der Waals surface area contributed by atoms with E-state index in [4.69, 9.17) is 4.74 Å². The predicted molar refractivity (Wildman–Crippen MR) is 83.1 cm³/mol. The Hall–Kier alpha value is -2.61. The molecular weight excluding hydrogens is 284 g/mol. The summed E-state index contributed by atoms with van der Waals surface area (Å²) in [7, 11) is 1.79. The van der Waals surface area contributed by atoms with Gasteiger partial charge in [-0.3, -0.25) is 4.68 Å². The number of anilines is 3. The largest absolute Gasteiger partial charge is 0.378 e. The molecule has 1 saturated heterocycles. The summed E-state index contributed by atoms with van der Waals surface area (Å²) in [5, 5.41) is 9.58. The number of carbonyl (C=O) groups is 1. The second-order valence-electron chi connectivity index (χ2n) is 4.96. The Bertz CT molecular complexity index is 650. The number of hydrogen-bond donors (Lipinski definition) is 2. The van der Waals surface area contributed by atoms with Crippen molar-refractivity contribution in [1.29, 1.82) is 0 Å². The van der Waals surface area contributed by atoms with E-state index < -0.39 is 0 Å². The zero-order valence-corrected chi connectivity index (χ0v) is 12.3. The van der Waals surface area contributed by atoms with E-state index in [-0.39, 0.29) is 6.03 Å². The van der Waals surface area contributed by atoms with Crippen LogP contribution in [0.25, 0.3) is 0 Å². The third-order valence-corrected chi connectivity index (χ3v) is 3.31. The number of morpholine rings is 1. The molecule has 0 atom stereocenters. The lowest BCUT2D eigenvalue weighted by molar-refractivity contribution is 0.122. The first-order valence-electron chi connectivity index (χ1n) is 7.07. The van der Waals surface area contributed by atoms with Crippen LogP contribution in [0, 0.1) is 0 Å². The number of aromatic nitrogens is 3. The molecule has 2 aromatic heterocycles. The summed E-state index contributed by atoms with van der Waals surface area (Å²) in [6, 6.07) is 3.31. The van der Waals surface area contributed by atoms with Crippen molar-refractivity contribution < 1.29 is 9.53 Å². The van der Waals surface area contributed by atoms with Gasteiger partial charge in [-0.25, -0.2) is 9.78 Å². The number of ether oxygens (including phenoxy) is 1. The summed E-state index contributed by atoms with van der Waals surface area (Å²) in [4.78, 5) is 18.6. The minimum atomic E-state index is -0.324. The molecule has 3 rings (SSSR count). The standard InChI is InChI=1S/C14H18N6O2/c1-19-10-11(9-16-19)17-14(21)18-12-3-2-4-15-13(12)20-5-7-22-8-6-20/h2-4,9-10H,5-8H2,1H3,(H2,17,18,21). The third kappa shape index (κ3) is 3.34. The van der Waals surface area contributed by atoms with Crippen molar-refractivity contribution >= 4 is 23.2 Å². The molecule has 0 bridgehead atoms. The molecule has 2 aromatic rings. The Morgan fingerprint density at radius 3 is 2.86 bits per heavy atom. The van der Waals surface area contributed by atoms with Crippen molar-refractivity contribution in [3.05, 3.63) is 30.7 Å². The van der Waals surface area contributed by atoms with Gasteiger partial charge in [0.25, 0.3) is 0 Å². The summed E-state index contributed by atoms with van der Waals surface area (Å²) in [6.45, 7) is 2.85. The minimum Gasteiger partial charge on any atom is -0.378 e. The van der Waals surface area contributed by atoms with Crippen LogP contribution in [0.3, 0.4) is 0 Å². The summed E-state index contributed by atoms with van der Waals surface area (Å²) in [6.07, 6.45) is 5.03. The van der Waals surface area contributed by atoms with Crippen molar-refractivity contribution in [3.63, 3.8) is 0 Å². The first-order valence-corrected chi connectivity index (χ1v) is 7.07. The summed E-state index contributed by atoms with van der Waals surface area (Å²) < 4.78 is 6.97. The van der Waals surface area contributed by atoms with Crippen LogP contribution in [-0.4, -0.2) is 47.1 Å². The van der Waals surface area contributed by atoms with E-state index in [2.05, 4.69) is 25.6 Å². The van der Waals surface area contributed by atoms with Crippen molar-refractivity contribution in [2.45, 2.75) is 0 Å². The van der Waals surface area contributed by atoms with E-state index in [1.165, 1.54) is 0 Å². The topological polar surface area (TPSA) is 84.3 Å². The Kier molecular flexibility index (Phi) is 4.19. The molecule has 1 aliphatic rings. The average molecular weight is 302 g/mol. The summed E-state index contributed by atoms with van der Waals surface area (Å²) >= 11 is 0. The van der Waals surface area contributed by atoms with E-state index in [1.54, 1.807) is 36.4 Å². The van der Waals surface area contributed by atoms with Crippen molar-refractivity contribution in [3.8, 4) is 0 Å². The van der Waals surface area contributed by atoms with Gasteiger partial charge in [-0.2, -0.15) is 5.10 Å². The van der Waals surface area contributed by atoms with Gasteiger partial charge in [0.2, 0.25) is 0 Å². The molecular formula is C14H18N6O2. The maximum atomic E-state index is 12.1. The van der Waals surface area contributed by atoms with Crippen LogP contribution in [0.5, 0.6) is 0 Å². The Morgan fingerprint density at radius 1 is 1.32 bits per heavy atom. The van der Waals surface area contributed by atoms with Crippen molar-refractivity contribution in [2.75, 3.05) is 41.8 Å². The van der Waals surface area contributed by atoms with Crippen LogP contribution < -0.4 is 15.5 Å². The van der Waals surface area contributed by atoms with Crippen molar-refractivity contribution in [1.82, 2.24) is 14.8 Å². The zero-order valence-electron chi connectivity index (χ0n) is 12.3. The highest BCUT2D eigenvalue weighted by Gasteiger charge is 2.17. The Balaban J connectivity index is 1.70. The normalized spacial score (nSPS) is 14.7. The van der Waals surface area contributed by atoms with Crippen LogP contribution in [0.15, 0.2) is 30.7 Å². The first-order chi connectivity index (χ1) is 10.7. The molecule has 2 amide bonds. The lowest BCUT2D eigenvalue weighted by Gasteiger charge is -2.29. The fraction of sp³-hybridized carbons (Fsp3) is 0.357. The van der Waals surface area contributed by atoms with Crippen LogP contribution >= 0.6 is 0 Å². The molecule has 2 N–H and O–H groups in total. The van der Waals surface area contributed by atoms with Crippen LogP contribution in [0.2, 0.25) is 0 Å². The number of hydrogen-bond acceptors (Lipinski definition) is 5. The van der Waals surface area contributed by atoms with Gasteiger partial charge in [0, 0.05) is 32.5 Å². The van der Waals surface area contributed by atoms with E-state index in [1.807, 2.05) is 6.07 Å². The molecule has 0 aromatic carbocycles. The first kappa shape index (κ1) is 14.3. The van der Waals surface area contributed by atoms with Crippen LogP contribution in [0.1, 0.15) is 0 Å². The zero-order chi connectivity index (χ0) is 15.4. The van der Waals surface area contributed by atoms with E-state index >= 15 is 0 Å². The van der Waals surface area contributed by atoms with Crippen LogP contribution in [-0.2, 0) is 11.8 Å². The van der Waals surface area contributed by atoms with Gasteiger partial charge in [-0.1, -0.05) is 0 Å².